The third kappa shape index (κ3) is 2.24. The van der Waals surface area contributed by atoms with Crippen LogP contribution in [0.15, 0.2) is 53.1 Å². The average molecular weight is 320 g/mol. The highest BCUT2D eigenvalue weighted by Gasteiger charge is 2.03. The molecule has 0 amide bonds. The highest BCUT2D eigenvalue weighted by atomic mass is 79.9. The molecule has 0 fully saturated rings. The first kappa shape index (κ1) is 11.6. The molecule has 88 valence electrons. The largest absolute Gasteiger partial charge is 0.236 e. The Morgan fingerprint density at radius 3 is 2.56 bits per heavy atom. The Balaban J connectivity index is 2.13. The Hall–Kier alpha value is -1.45. The maximum atomic E-state index is 5.93. The number of rotatable bonds is 1. The second kappa shape index (κ2) is 4.67. The van der Waals surface area contributed by atoms with Crippen molar-refractivity contribution < 1.29 is 0 Å². The van der Waals surface area contributed by atoms with Gasteiger partial charge in [0.05, 0.1) is 5.52 Å². The van der Waals surface area contributed by atoms with Gasteiger partial charge in [0.15, 0.2) is 5.82 Å². The van der Waals surface area contributed by atoms with Crippen molar-refractivity contribution in [2.24, 2.45) is 0 Å². The summed E-state index contributed by atoms with van der Waals surface area (Å²) in [4.78, 5) is 8.89. The van der Waals surface area contributed by atoms with E-state index in [0.29, 0.717) is 5.02 Å². The molecule has 0 spiro atoms. The second-order valence-electron chi connectivity index (χ2n) is 3.90. The minimum Gasteiger partial charge on any atom is -0.236 e. The van der Waals surface area contributed by atoms with E-state index in [2.05, 4.69) is 25.9 Å². The van der Waals surface area contributed by atoms with Gasteiger partial charge in [-0.1, -0.05) is 39.7 Å². The van der Waals surface area contributed by atoms with Gasteiger partial charge in [-0.25, -0.2) is 9.97 Å². The quantitative estimate of drug-likeness (QED) is 0.649. The summed E-state index contributed by atoms with van der Waals surface area (Å²) in [5.41, 5.74) is 1.89. The smallest absolute Gasteiger partial charge is 0.159 e. The zero-order valence-corrected chi connectivity index (χ0v) is 11.6. The van der Waals surface area contributed by atoms with Crippen LogP contribution in [0.1, 0.15) is 0 Å². The Morgan fingerprint density at radius 2 is 1.78 bits per heavy atom. The summed E-state index contributed by atoms with van der Waals surface area (Å²) in [6.07, 6.45) is 1.80. The van der Waals surface area contributed by atoms with Crippen molar-refractivity contribution >= 4 is 38.4 Å². The van der Waals surface area contributed by atoms with Gasteiger partial charge in [0.25, 0.3) is 0 Å². The normalized spacial score (nSPS) is 10.8. The molecule has 0 aliphatic rings. The summed E-state index contributed by atoms with van der Waals surface area (Å²) in [5.74, 6) is 0.720. The van der Waals surface area contributed by atoms with E-state index < -0.39 is 0 Å². The van der Waals surface area contributed by atoms with Gasteiger partial charge >= 0.3 is 0 Å². The van der Waals surface area contributed by atoms with E-state index in [0.717, 1.165) is 26.8 Å². The van der Waals surface area contributed by atoms with Crippen LogP contribution < -0.4 is 0 Å². The van der Waals surface area contributed by atoms with E-state index >= 15 is 0 Å². The van der Waals surface area contributed by atoms with Crippen molar-refractivity contribution in [3.63, 3.8) is 0 Å². The zero-order chi connectivity index (χ0) is 12.5. The molecule has 1 heterocycles. The molecular weight excluding hydrogens is 312 g/mol. The highest BCUT2D eigenvalue weighted by Crippen LogP contribution is 2.22. The van der Waals surface area contributed by atoms with Crippen molar-refractivity contribution in [2.75, 3.05) is 0 Å². The molecule has 18 heavy (non-hydrogen) atoms. The lowest BCUT2D eigenvalue weighted by Crippen LogP contribution is -1.89. The maximum Gasteiger partial charge on any atom is 0.159 e. The SMILES string of the molecule is Clc1ccc2nc(-c3ccc(Br)cc3)ncc2c1. The Bertz CT molecular complexity index is 711. The van der Waals surface area contributed by atoms with E-state index in [1.165, 1.54) is 0 Å². The molecule has 0 radical (unpaired) electrons. The van der Waals surface area contributed by atoms with Crippen LogP contribution in [0.25, 0.3) is 22.3 Å². The van der Waals surface area contributed by atoms with Crippen LogP contribution in [0, 0.1) is 0 Å². The van der Waals surface area contributed by atoms with Gasteiger partial charge < -0.3 is 0 Å². The van der Waals surface area contributed by atoms with Gasteiger partial charge in [-0.2, -0.15) is 0 Å². The maximum absolute atomic E-state index is 5.93. The van der Waals surface area contributed by atoms with Crippen molar-refractivity contribution in [3.05, 3.63) is 58.2 Å². The molecule has 0 saturated heterocycles. The third-order valence-electron chi connectivity index (χ3n) is 2.64. The van der Waals surface area contributed by atoms with E-state index in [1.807, 2.05) is 42.5 Å². The van der Waals surface area contributed by atoms with Crippen LogP contribution >= 0.6 is 27.5 Å². The van der Waals surface area contributed by atoms with Crippen LogP contribution in [0.3, 0.4) is 0 Å². The first-order valence-corrected chi connectivity index (χ1v) is 6.58. The topological polar surface area (TPSA) is 25.8 Å². The van der Waals surface area contributed by atoms with Crippen molar-refractivity contribution in [1.29, 1.82) is 0 Å². The molecule has 1 aromatic heterocycles. The van der Waals surface area contributed by atoms with E-state index in [-0.39, 0.29) is 0 Å². The van der Waals surface area contributed by atoms with E-state index in [1.54, 1.807) is 6.20 Å². The van der Waals surface area contributed by atoms with Gasteiger partial charge in [-0.3, -0.25) is 0 Å². The molecule has 4 heteroatoms. The Labute approximate surface area is 118 Å². The summed E-state index contributed by atoms with van der Waals surface area (Å²) < 4.78 is 1.04. The molecule has 0 atom stereocenters. The standard InChI is InChI=1S/C14H8BrClN2/c15-11-3-1-9(2-4-11)14-17-8-10-7-12(16)5-6-13(10)18-14/h1-8H. The van der Waals surface area contributed by atoms with Gasteiger partial charge in [-0.15, -0.1) is 0 Å². The molecule has 3 rings (SSSR count). The predicted molar refractivity (Wildman–Crippen MR) is 77.7 cm³/mol. The fourth-order valence-electron chi connectivity index (χ4n) is 1.74. The Morgan fingerprint density at radius 1 is 1.00 bits per heavy atom. The summed E-state index contributed by atoms with van der Waals surface area (Å²) in [6.45, 7) is 0. The van der Waals surface area contributed by atoms with Crippen LogP contribution in [-0.2, 0) is 0 Å². The lowest BCUT2D eigenvalue weighted by Gasteiger charge is -2.02. The number of hydrogen-bond acceptors (Lipinski definition) is 2. The monoisotopic (exact) mass is 318 g/mol. The minimum atomic E-state index is 0.697. The van der Waals surface area contributed by atoms with Crippen LogP contribution in [-0.4, -0.2) is 9.97 Å². The zero-order valence-electron chi connectivity index (χ0n) is 9.27. The average Bonchev–Trinajstić information content (AvgIpc) is 2.39. The summed E-state index contributed by atoms with van der Waals surface area (Å²) >= 11 is 9.34. The van der Waals surface area contributed by atoms with Crippen LogP contribution in [0.4, 0.5) is 0 Å². The molecule has 0 N–H and O–H groups in total. The van der Waals surface area contributed by atoms with Crippen LogP contribution in [0.5, 0.6) is 0 Å². The van der Waals surface area contributed by atoms with E-state index in [9.17, 15) is 0 Å². The summed E-state index contributed by atoms with van der Waals surface area (Å²) in [7, 11) is 0. The van der Waals surface area contributed by atoms with Gasteiger partial charge in [0.2, 0.25) is 0 Å². The number of hydrogen-bond donors (Lipinski definition) is 0. The molecule has 0 aliphatic heterocycles. The molecule has 2 aromatic carbocycles. The molecule has 0 bridgehead atoms. The van der Waals surface area contributed by atoms with E-state index in [4.69, 9.17) is 11.6 Å². The van der Waals surface area contributed by atoms with Crippen molar-refractivity contribution in [2.45, 2.75) is 0 Å². The number of nitrogens with zero attached hydrogens (tertiary/aromatic N) is 2. The number of aromatic nitrogens is 2. The number of fused-ring (bicyclic) bond motifs is 1. The summed E-state index contributed by atoms with van der Waals surface area (Å²) in [5, 5.41) is 1.64. The van der Waals surface area contributed by atoms with Crippen molar-refractivity contribution in [1.82, 2.24) is 9.97 Å². The lowest BCUT2D eigenvalue weighted by molar-refractivity contribution is 1.23. The number of halogens is 2. The molecule has 2 nitrogen and oxygen atoms in total. The van der Waals surface area contributed by atoms with Gasteiger partial charge in [0.1, 0.15) is 0 Å². The van der Waals surface area contributed by atoms with Gasteiger partial charge in [-0.05, 0) is 30.3 Å². The molecule has 0 unspecified atom stereocenters. The lowest BCUT2D eigenvalue weighted by atomic mass is 10.2. The molecule has 3 aromatic rings. The summed E-state index contributed by atoms with van der Waals surface area (Å²) in [6, 6.07) is 13.5. The second-order valence-corrected chi connectivity index (χ2v) is 5.26. The molecule has 0 aliphatic carbocycles. The third-order valence-corrected chi connectivity index (χ3v) is 3.41. The first-order chi connectivity index (χ1) is 8.72. The highest BCUT2D eigenvalue weighted by molar-refractivity contribution is 9.10. The fraction of sp³-hybridized carbons (Fsp3) is 0. The first-order valence-electron chi connectivity index (χ1n) is 5.41. The molecular formula is C14H8BrClN2. The predicted octanol–water partition coefficient (Wildman–Crippen LogP) is 4.71. The Kier molecular flexibility index (Phi) is 3.02. The van der Waals surface area contributed by atoms with Crippen molar-refractivity contribution in [3.8, 4) is 11.4 Å². The fourth-order valence-corrected chi connectivity index (χ4v) is 2.19. The van der Waals surface area contributed by atoms with Gasteiger partial charge in [0, 0.05) is 26.6 Å². The van der Waals surface area contributed by atoms with Crippen LogP contribution in [0.2, 0.25) is 5.02 Å². The molecule has 0 saturated carbocycles. The number of benzene rings is 2. The minimum absolute atomic E-state index is 0.697.